The molecule has 1 aliphatic rings. The number of aromatic nitrogens is 2. The quantitative estimate of drug-likeness (QED) is 0.0732. The summed E-state index contributed by atoms with van der Waals surface area (Å²) < 4.78 is 4.60. The molecule has 1 aliphatic carbocycles. The Morgan fingerprint density at radius 3 is 1.98 bits per heavy atom. The first-order valence-electron chi connectivity index (χ1n) is 22.1. The summed E-state index contributed by atoms with van der Waals surface area (Å²) >= 11 is 0. The Morgan fingerprint density at radius 1 is 0.667 bits per heavy atom. The van der Waals surface area contributed by atoms with Crippen molar-refractivity contribution in [2.75, 3.05) is 7.05 Å². The monoisotopic (exact) mass is 828 g/mol. The maximum absolute atomic E-state index is 7.03. The van der Waals surface area contributed by atoms with E-state index in [1.54, 1.807) is 7.05 Å². The SMILES string of the molecule is C/C(=C\C=C(/N)n1c2ccccc2c2cc3c4c5ccccc5ccc4n(-c4ccccc4)c3cc21)NC(C)c1ccc(C2=CC=CCC2)cc1.CC.CNN.Cc1ccccc1. The van der Waals surface area contributed by atoms with Crippen molar-refractivity contribution >= 4 is 65.8 Å². The molecule has 0 spiro atoms. The summed E-state index contributed by atoms with van der Waals surface area (Å²) in [5.41, 5.74) is 21.3. The van der Waals surface area contributed by atoms with E-state index in [0.717, 1.165) is 40.8 Å². The average molecular weight is 829 g/mol. The van der Waals surface area contributed by atoms with Crippen molar-refractivity contribution in [2.45, 2.75) is 53.5 Å². The van der Waals surface area contributed by atoms with Crippen LogP contribution in [0.15, 0.2) is 194 Å². The highest BCUT2D eigenvalue weighted by molar-refractivity contribution is 6.25. The van der Waals surface area contributed by atoms with Gasteiger partial charge < -0.3 is 15.6 Å². The number of hydrogen-bond acceptors (Lipinski definition) is 4. The van der Waals surface area contributed by atoms with Crippen LogP contribution >= 0.6 is 0 Å². The summed E-state index contributed by atoms with van der Waals surface area (Å²) in [6.45, 7) is 10.4. The van der Waals surface area contributed by atoms with Gasteiger partial charge in [-0.1, -0.05) is 159 Å². The van der Waals surface area contributed by atoms with E-state index in [4.69, 9.17) is 5.73 Å². The minimum atomic E-state index is 0.155. The molecule has 6 nitrogen and oxygen atoms in total. The van der Waals surface area contributed by atoms with Crippen LogP contribution in [0.1, 0.15) is 63.3 Å². The predicted octanol–water partition coefficient (Wildman–Crippen LogP) is 13.9. The van der Waals surface area contributed by atoms with Gasteiger partial charge in [0.05, 0.1) is 22.1 Å². The maximum Gasteiger partial charge on any atom is 0.108 e. The average Bonchev–Trinajstić information content (AvgIpc) is 3.84. The van der Waals surface area contributed by atoms with Crippen molar-refractivity contribution in [3.05, 3.63) is 210 Å². The number of allylic oxidation sites excluding steroid dienone is 7. The number of fused-ring (bicyclic) bond motifs is 8. The smallest absolute Gasteiger partial charge is 0.108 e. The van der Waals surface area contributed by atoms with E-state index in [-0.39, 0.29) is 6.04 Å². The highest BCUT2D eigenvalue weighted by atomic mass is 15.2. The molecular formula is C57H60N6. The molecule has 0 amide bonds. The second kappa shape index (κ2) is 20.6. The molecule has 0 saturated heterocycles. The number of nitrogens with one attached hydrogen (secondary N) is 2. The van der Waals surface area contributed by atoms with Gasteiger partial charge in [0.15, 0.2) is 0 Å². The summed E-state index contributed by atoms with van der Waals surface area (Å²) in [7, 11) is 1.65. The second-order valence-electron chi connectivity index (χ2n) is 15.6. The lowest BCUT2D eigenvalue weighted by molar-refractivity contribution is 0.654. The van der Waals surface area contributed by atoms with Gasteiger partial charge in [-0.3, -0.25) is 15.8 Å². The Morgan fingerprint density at radius 2 is 1.32 bits per heavy atom. The molecule has 10 rings (SSSR count). The number of para-hydroxylation sites is 2. The van der Waals surface area contributed by atoms with Crippen LogP contribution in [0.3, 0.4) is 0 Å². The van der Waals surface area contributed by atoms with Gasteiger partial charge in [-0.15, -0.1) is 0 Å². The molecule has 1 atom stereocenters. The number of nitrogens with zero attached hydrogens (tertiary/aromatic N) is 2. The van der Waals surface area contributed by atoms with Gasteiger partial charge in [-0.05, 0) is 117 Å². The fourth-order valence-corrected chi connectivity index (χ4v) is 8.50. The Kier molecular flexibility index (Phi) is 14.4. The molecule has 0 fully saturated rings. The second-order valence-corrected chi connectivity index (χ2v) is 15.6. The van der Waals surface area contributed by atoms with Crippen LogP contribution in [0.4, 0.5) is 0 Å². The summed E-state index contributed by atoms with van der Waals surface area (Å²) in [4.78, 5) is 0. The Labute approximate surface area is 372 Å². The summed E-state index contributed by atoms with van der Waals surface area (Å²) in [5, 5.41) is 11.0. The third-order valence-corrected chi connectivity index (χ3v) is 11.4. The van der Waals surface area contributed by atoms with Gasteiger partial charge in [-0.25, -0.2) is 0 Å². The molecule has 6 heteroatoms. The van der Waals surface area contributed by atoms with Crippen LogP contribution in [0.5, 0.6) is 0 Å². The Balaban J connectivity index is 0.000000439. The lowest BCUT2D eigenvalue weighted by Crippen LogP contribution is -2.16. The molecule has 7 aromatic carbocycles. The highest BCUT2D eigenvalue weighted by Gasteiger charge is 2.20. The fraction of sp³-hybridized carbons (Fsp3) is 0.158. The van der Waals surface area contributed by atoms with E-state index >= 15 is 0 Å². The van der Waals surface area contributed by atoms with Crippen LogP contribution in [0.25, 0.3) is 71.5 Å². The van der Waals surface area contributed by atoms with E-state index in [1.807, 2.05) is 38.1 Å². The molecule has 9 aromatic rings. The zero-order valence-electron chi connectivity index (χ0n) is 37.4. The first kappa shape index (κ1) is 44.0. The molecule has 2 heterocycles. The van der Waals surface area contributed by atoms with Crippen LogP contribution in [0.2, 0.25) is 0 Å². The molecule has 318 valence electrons. The molecule has 0 radical (unpaired) electrons. The van der Waals surface area contributed by atoms with Crippen molar-refractivity contribution in [3.63, 3.8) is 0 Å². The first-order chi connectivity index (χ1) is 30.9. The molecule has 6 N–H and O–H groups in total. The number of hydrazine groups is 1. The number of aryl methyl sites for hydroxylation is 1. The van der Waals surface area contributed by atoms with E-state index in [1.165, 1.54) is 60.1 Å². The zero-order chi connectivity index (χ0) is 44.3. The van der Waals surface area contributed by atoms with Crippen molar-refractivity contribution in [3.8, 4) is 5.69 Å². The van der Waals surface area contributed by atoms with E-state index < -0.39 is 0 Å². The van der Waals surface area contributed by atoms with Crippen LogP contribution < -0.4 is 22.3 Å². The van der Waals surface area contributed by atoms with Gasteiger partial charge in [0.1, 0.15) is 5.82 Å². The maximum atomic E-state index is 7.03. The lowest BCUT2D eigenvalue weighted by atomic mass is 9.95. The summed E-state index contributed by atoms with van der Waals surface area (Å²) in [5.74, 6) is 5.27. The Hall–Kier alpha value is -7.12. The summed E-state index contributed by atoms with van der Waals surface area (Å²) in [6, 6.07) is 56.5. The number of rotatable bonds is 7. The molecule has 63 heavy (non-hydrogen) atoms. The molecular weight excluding hydrogens is 769 g/mol. The van der Waals surface area contributed by atoms with Crippen molar-refractivity contribution in [1.29, 1.82) is 0 Å². The van der Waals surface area contributed by atoms with E-state index in [9.17, 15) is 0 Å². The number of hydrogen-bond donors (Lipinski definition) is 4. The minimum absolute atomic E-state index is 0.155. The first-order valence-corrected chi connectivity index (χ1v) is 22.1. The van der Waals surface area contributed by atoms with Gasteiger partial charge in [0.25, 0.3) is 0 Å². The van der Waals surface area contributed by atoms with Crippen LogP contribution in [-0.2, 0) is 0 Å². The third kappa shape index (κ3) is 9.53. The van der Waals surface area contributed by atoms with Crippen LogP contribution in [-0.4, -0.2) is 16.2 Å². The molecule has 0 aliphatic heterocycles. The van der Waals surface area contributed by atoms with Gasteiger partial charge in [0, 0.05) is 39.0 Å². The van der Waals surface area contributed by atoms with Crippen molar-refractivity contribution in [2.24, 2.45) is 11.6 Å². The number of nitrogens with two attached hydrogens (primary N) is 2. The van der Waals surface area contributed by atoms with Gasteiger partial charge >= 0.3 is 0 Å². The van der Waals surface area contributed by atoms with Gasteiger partial charge in [-0.2, -0.15) is 0 Å². The molecule has 0 saturated carbocycles. The third-order valence-electron chi connectivity index (χ3n) is 11.4. The topological polar surface area (TPSA) is 86.0 Å². The molecule has 2 aromatic heterocycles. The minimum Gasteiger partial charge on any atom is -0.385 e. The lowest BCUT2D eigenvalue weighted by Gasteiger charge is -2.17. The fourth-order valence-electron chi connectivity index (χ4n) is 8.50. The Bertz CT molecular complexity index is 3070. The largest absolute Gasteiger partial charge is 0.385 e. The number of benzene rings is 7. The van der Waals surface area contributed by atoms with Gasteiger partial charge in [0.2, 0.25) is 0 Å². The van der Waals surface area contributed by atoms with Crippen molar-refractivity contribution < 1.29 is 0 Å². The predicted molar refractivity (Wildman–Crippen MR) is 274 cm³/mol. The zero-order valence-corrected chi connectivity index (χ0v) is 37.4. The van der Waals surface area contributed by atoms with Crippen molar-refractivity contribution in [1.82, 2.24) is 19.9 Å². The van der Waals surface area contributed by atoms with E-state index in [0.29, 0.717) is 5.82 Å². The molecule has 1 unspecified atom stereocenters. The highest BCUT2D eigenvalue weighted by Crippen LogP contribution is 2.41. The summed E-state index contributed by atoms with van der Waals surface area (Å²) in [6.07, 6.45) is 13.0. The van der Waals surface area contributed by atoms with Crippen LogP contribution in [0, 0.1) is 6.92 Å². The normalized spacial score (nSPS) is 13.2. The molecule has 0 bridgehead atoms. The standard InChI is InChI=1S/C47H40N4.C7H8.C2H6.CH6N2/c1-31(49-32(2)33-22-24-35(25-23-33)34-13-5-3-6-14-34)21-28-46(48)51-42-20-12-11-19-39(42)40-29-41-45(30-44(40)51)50(37-16-7-4-8-17-37)43-27-26-36-15-9-10-18-38(36)47(41)43;1-7-5-3-2-4-6-7;1-2;1-3-2/h3-5,7-13,15-30,32,49H,6,14,48H2,1-2H3;2-6H,1H3;1-2H3;3H,2H2,1H3/b31-21+,46-28+;;;. The van der Waals surface area contributed by atoms with E-state index in [2.05, 4.69) is 210 Å².